The van der Waals surface area contributed by atoms with Gasteiger partial charge in [-0.2, -0.15) is 0 Å². The molecular weight excluding hydrogens is 154 g/mol. The lowest BCUT2D eigenvalue weighted by molar-refractivity contribution is -0.148. The van der Waals surface area contributed by atoms with Crippen molar-refractivity contribution in [3.63, 3.8) is 0 Å². The van der Waals surface area contributed by atoms with Gasteiger partial charge >= 0.3 is 5.97 Å². The maximum Gasteiger partial charge on any atom is 0.323 e. The van der Waals surface area contributed by atoms with E-state index in [9.17, 15) is 4.79 Å². The summed E-state index contributed by atoms with van der Waals surface area (Å²) >= 11 is 0. The largest absolute Gasteiger partial charge is 0.480 e. The van der Waals surface area contributed by atoms with Crippen molar-refractivity contribution in [2.45, 2.75) is 32.2 Å². The molecule has 0 aromatic heterocycles. The predicted octanol–water partition coefficient (Wildman–Crippen LogP) is 1.19. The molecule has 0 aromatic rings. The minimum atomic E-state index is -0.745. The lowest BCUT2D eigenvalue weighted by Gasteiger charge is -2.31. The summed E-state index contributed by atoms with van der Waals surface area (Å²) in [5.74, 6) is -0.000671. The van der Waals surface area contributed by atoms with Gasteiger partial charge in [-0.15, -0.1) is 0 Å². The minimum absolute atomic E-state index is 0.720. The van der Waals surface area contributed by atoms with Gasteiger partial charge in [0.2, 0.25) is 0 Å². The Morgan fingerprint density at radius 2 is 2.08 bits per heavy atom. The molecule has 0 aromatic carbocycles. The number of likely N-dealkylation sites (N-methyl/N-ethyl adjacent to an activating group) is 1. The van der Waals surface area contributed by atoms with Gasteiger partial charge in [0.15, 0.2) is 0 Å². The summed E-state index contributed by atoms with van der Waals surface area (Å²) in [6, 6.07) is 0. The zero-order chi connectivity index (χ0) is 9.35. The fourth-order valence-electron chi connectivity index (χ4n) is 1.08. The fraction of sp³-hybridized carbons (Fsp3) is 0.889. The standard InChI is InChI=1S/C9H17NO2/c1-9(2,8(11)12)10(3)6-7-4-5-7/h7H,4-6H2,1-3H3,(H,11,12). The molecule has 0 spiro atoms. The number of carboxylic acids is 1. The number of carboxylic acid groups (broad SMARTS) is 1. The van der Waals surface area contributed by atoms with Crippen LogP contribution >= 0.6 is 0 Å². The Balaban J connectivity index is 2.47. The number of aliphatic carboxylic acids is 1. The van der Waals surface area contributed by atoms with E-state index in [-0.39, 0.29) is 0 Å². The van der Waals surface area contributed by atoms with Gasteiger partial charge in [-0.05, 0) is 39.7 Å². The van der Waals surface area contributed by atoms with Crippen molar-refractivity contribution in [2.24, 2.45) is 5.92 Å². The number of rotatable bonds is 4. The molecule has 12 heavy (non-hydrogen) atoms. The van der Waals surface area contributed by atoms with Crippen molar-refractivity contribution in [3.05, 3.63) is 0 Å². The van der Waals surface area contributed by atoms with Crippen molar-refractivity contribution < 1.29 is 9.90 Å². The van der Waals surface area contributed by atoms with Crippen LogP contribution in [0.2, 0.25) is 0 Å². The number of carbonyl (C=O) groups is 1. The van der Waals surface area contributed by atoms with Crippen LogP contribution in [0.4, 0.5) is 0 Å². The van der Waals surface area contributed by atoms with Gasteiger partial charge in [0.05, 0.1) is 0 Å². The van der Waals surface area contributed by atoms with Crippen molar-refractivity contribution in [3.8, 4) is 0 Å². The molecule has 1 rings (SSSR count). The summed E-state index contributed by atoms with van der Waals surface area (Å²) in [7, 11) is 1.88. The highest BCUT2D eigenvalue weighted by molar-refractivity contribution is 5.77. The van der Waals surface area contributed by atoms with Crippen molar-refractivity contribution in [1.29, 1.82) is 0 Å². The maximum absolute atomic E-state index is 10.8. The molecule has 3 nitrogen and oxygen atoms in total. The Labute approximate surface area is 73.4 Å². The highest BCUT2D eigenvalue weighted by atomic mass is 16.4. The van der Waals surface area contributed by atoms with Crippen LogP contribution in [0.3, 0.4) is 0 Å². The summed E-state index contributed by atoms with van der Waals surface area (Å²) in [5.41, 5.74) is -0.720. The molecule has 0 saturated heterocycles. The van der Waals surface area contributed by atoms with E-state index in [1.165, 1.54) is 12.8 Å². The topological polar surface area (TPSA) is 40.5 Å². The first kappa shape index (κ1) is 9.52. The molecule has 1 N–H and O–H groups in total. The molecule has 70 valence electrons. The molecule has 1 saturated carbocycles. The molecule has 1 fully saturated rings. The number of nitrogens with zero attached hydrogens (tertiary/aromatic N) is 1. The molecule has 1 aliphatic carbocycles. The molecule has 0 heterocycles. The van der Waals surface area contributed by atoms with Crippen LogP contribution in [0.25, 0.3) is 0 Å². The van der Waals surface area contributed by atoms with E-state index in [0.717, 1.165) is 12.5 Å². The second-order valence-electron chi connectivity index (χ2n) is 4.19. The van der Waals surface area contributed by atoms with Gasteiger partial charge in [0.25, 0.3) is 0 Å². The van der Waals surface area contributed by atoms with Crippen molar-refractivity contribution in [1.82, 2.24) is 4.90 Å². The Morgan fingerprint density at radius 3 is 2.42 bits per heavy atom. The quantitative estimate of drug-likeness (QED) is 0.690. The molecule has 0 bridgehead atoms. The van der Waals surface area contributed by atoms with Crippen LogP contribution < -0.4 is 0 Å². The molecule has 0 radical (unpaired) electrons. The Bertz CT molecular complexity index is 185. The van der Waals surface area contributed by atoms with E-state index < -0.39 is 11.5 Å². The normalized spacial score (nSPS) is 18.3. The van der Waals surface area contributed by atoms with E-state index in [1.807, 2.05) is 11.9 Å². The summed E-state index contributed by atoms with van der Waals surface area (Å²) in [4.78, 5) is 12.7. The molecule has 0 aliphatic heterocycles. The van der Waals surface area contributed by atoms with E-state index in [1.54, 1.807) is 13.8 Å². The van der Waals surface area contributed by atoms with Crippen LogP contribution in [0.1, 0.15) is 26.7 Å². The van der Waals surface area contributed by atoms with Crippen molar-refractivity contribution in [2.75, 3.05) is 13.6 Å². The van der Waals surface area contributed by atoms with Crippen LogP contribution in [0.5, 0.6) is 0 Å². The van der Waals surface area contributed by atoms with Gasteiger partial charge in [-0.25, -0.2) is 0 Å². The van der Waals surface area contributed by atoms with Crippen LogP contribution in [0.15, 0.2) is 0 Å². The lowest BCUT2D eigenvalue weighted by atomic mass is 10.0. The second kappa shape index (κ2) is 3.05. The molecule has 0 amide bonds. The van der Waals surface area contributed by atoms with Crippen LogP contribution in [-0.4, -0.2) is 35.1 Å². The first-order valence-electron chi connectivity index (χ1n) is 4.39. The third-order valence-electron chi connectivity index (χ3n) is 2.71. The van der Waals surface area contributed by atoms with Crippen LogP contribution in [0, 0.1) is 5.92 Å². The number of hydrogen-bond acceptors (Lipinski definition) is 2. The maximum atomic E-state index is 10.8. The lowest BCUT2D eigenvalue weighted by Crippen LogP contribution is -2.48. The highest BCUT2D eigenvalue weighted by Crippen LogP contribution is 2.31. The number of hydrogen-bond donors (Lipinski definition) is 1. The third-order valence-corrected chi connectivity index (χ3v) is 2.71. The Kier molecular flexibility index (Phi) is 2.42. The second-order valence-corrected chi connectivity index (χ2v) is 4.19. The average Bonchev–Trinajstić information content (AvgIpc) is 2.71. The van der Waals surface area contributed by atoms with E-state index in [2.05, 4.69) is 0 Å². The highest BCUT2D eigenvalue weighted by Gasteiger charge is 2.35. The van der Waals surface area contributed by atoms with E-state index in [4.69, 9.17) is 5.11 Å². The minimum Gasteiger partial charge on any atom is -0.480 e. The molecule has 0 unspecified atom stereocenters. The van der Waals surface area contributed by atoms with Gasteiger partial charge in [-0.3, -0.25) is 9.69 Å². The SMILES string of the molecule is CN(CC1CC1)C(C)(C)C(=O)O. The monoisotopic (exact) mass is 171 g/mol. The van der Waals surface area contributed by atoms with E-state index >= 15 is 0 Å². The Morgan fingerprint density at radius 1 is 1.58 bits per heavy atom. The predicted molar refractivity (Wildman–Crippen MR) is 47.1 cm³/mol. The molecule has 0 atom stereocenters. The summed E-state index contributed by atoms with van der Waals surface area (Å²) < 4.78 is 0. The molecular formula is C9H17NO2. The smallest absolute Gasteiger partial charge is 0.323 e. The molecule has 1 aliphatic rings. The average molecular weight is 171 g/mol. The summed E-state index contributed by atoms with van der Waals surface area (Å²) in [5, 5.41) is 8.90. The first-order valence-corrected chi connectivity index (χ1v) is 4.39. The zero-order valence-corrected chi connectivity index (χ0v) is 8.00. The summed E-state index contributed by atoms with van der Waals surface area (Å²) in [6.07, 6.45) is 2.53. The van der Waals surface area contributed by atoms with Crippen LogP contribution in [-0.2, 0) is 4.79 Å². The molecule has 3 heteroatoms. The first-order chi connectivity index (χ1) is 5.44. The third kappa shape index (κ3) is 1.97. The van der Waals surface area contributed by atoms with Gasteiger partial charge in [-0.1, -0.05) is 0 Å². The van der Waals surface area contributed by atoms with Gasteiger partial charge in [0.1, 0.15) is 5.54 Å². The van der Waals surface area contributed by atoms with Crippen molar-refractivity contribution >= 4 is 5.97 Å². The fourth-order valence-corrected chi connectivity index (χ4v) is 1.08. The summed E-state index contributed by atoms with van der Waals surface area (Å²) in [6.45, 7) is 4.41. The van der Waals surface area contributed by atoms with Gasteiger partial charge in [0, 0.05) is 6.54 Å². The van der Waals surface area contributed by atoms with Gasteiger partial charge < -0.3 is 5.11 Å². The Hall–Kier alpha value is -0.570. The zero-order valence-electron chi connectivity index (χ0n) is 8.00. The van der Waals surface area contributed by atoms with E-state index in [0.29, 0.717) is 0 Å².